The number of rotatable bonds is 7. The number of benzene rings is 3. The van der Waals surface area contributed by atoms with Crippen molar-refractivity contribution >= 4 is 17.7 Å². The molecule has 0 aliphatic rings. The Morgan fingerprint density at radius 2 is 1.75 bits per heavy atom. The molecule has 5 nitrogen and oxygen atoms in total. The molecule has 0 fully saturated rings. The van der Waals surface area contributed by atoms with E-state index < -0.39 is 0 Å². The molecule has 7 heteroatoms. The van der Waals surface area contributed by atoms with Crippen LogP contribution in [0, 0.1) is 19.7 Å². The molecule has 162 valence electrons. The van der Waals surface area contributed by atoms with Crippen LogP contribution >= 0.6 is 11.8 Å². The predicted octanol–water partition coefficient (Wildman–Crippen LogP) is 5.25. The van der Waals surface area contributed by atoms with Gasteiger partial charge in [-0.25, -0.2) is 4.39 Å². The first kappa shape index (κ1) is 21.8. The Bertz CT molecular complexity index is 1240. The van der Waals surface area contributed by atoms with E-state index >= 15 is 0 Å². The van der Waals surface area contributed by atoms with Gasteiger partial charge in [0.05, 0.1) is 5.69 Å². The molecule has 0 atom stereocenters. The average Bonchev–Trinajstić information content (AvgIpc) is 3.17. The molecule has 1 amide bonds. The maximum Gasteiger partial charge on any atom is 0.251 e. The molecule has 3 aromatic carbocycles. The lowest BCUT2D eigenvalue weighted by Crippen LogP contribution is -2.22. The highest BCUT2D eigenvalue weighted by atomic mass is 32.2. The topological polar surface area (TPSA) is 59.8 Å². The number of thioether (sulfide) groups is 1. The van der Waals surface area contributed by atoms with Crippen LogP contribution in [0.15, 0.2) is 78.0 Å². The number of hydrogen-bond acceptors (Lipinski definition) is 4. The van der Waals surface area contributed by atoms with E-state index in [2.05, 4.69) is 39.1 Å². The second-order valence-corrected chi connectivity index (χ2v) is 8.39. The monoisotopic (exact) mass is 446 g/mol. The van der Waals surface area contributed by atoms with E-state index in [0.29, 0.717) is 17.9 Å². The predicted molar refractivity (Wildman–Crippen MR) is 124 cm³/mol. The number of aryl methyl sites for hydroxylation is 2. The lowest BCUT2D eigenvalue weighted by Gasteiger charge is -2.11. The minimum atomic E-state index is -0.293. The minimum Gasteiger partial charge on any atom is -0.348 e. The molecular formula is C25H23FN4OS. The van der Waals surface area contributed by atoms with Gasteiger partial charge in [0.15, 0.2) is 5.16 Å². The number of amides is 1. The fourth-order valence-electron chi connectivity index (χ4n) is 3.36. The van der Waals surface area contributed by atoms with Crippen LogP contribution in [0.2, 0.25) is 0 Å². The van der Waals surface area contributed by atoms with Crippen LogP contribution in [-0.4, -0.2) is 20.7 Å². The molecule has 1 heterocycles. The Morgan fingerprint density at radius 1 is 0.969 bits per heavy atom. The van der Waals surface area contributed by atoms with Crippen molar-refractivity contribution in [3.8, 4) is 5.69 Å². The van der Waals surface area contributed by atoms with Crippen LogP contribution in [-0.2, 0) is 12.3 Å². The maximum absolute atomic E-state index is 13.0. The van der Waals surface area contributed by atoms with Gasteiger partial charge in [-0.05, 0) is 60.9 Å². The van der Waals surface area contributed by atoms with Crippen LogP contribution < -0.4 is 5.32 Å². The zero-order valence-electron chi connectivity index (χ0n) is 17.9. The normalized spacial score (nSPS) is 10.8. The molecule has 0 unspecified atom stereocenters. The van der Waals surface area contributed by atoms with Crippen molar-refractivity contribution in [2.45, 2.75) is 31.3 Å². The largest absolute Gasteiger partial charge is 0.348 e. The van der Waals surface area contributed by atoms with Gasteiger partial charge in [-0.3, -0.25) is 9.36 Å². The van der Waals surface area contributed by atoms with Crippen LogP contribution in [0.5, 0.6) is 0 Å². The Morgan fingerprint density at radius 3 is 2.53 bits per heavy atom. The highest BCUT2D eigenvalue weighted by molar-refractivity contribution is 7.98. The van der Waals surface area contributed by atoms with Gasteiger partial charge >= 0.3 is 0 Å². The van der Waals surface area contributed by atoms with E-state index in [1.54, 1.807) is 30.0 Å². The second-order valence-electron chi connectivity index (χ2n) is 7.45. The SMILES string of the molecule is Cc1ccccc1-n1c(C)nnc1SCc1cccc(C(=O)NCc2ccc(F)cc2)c1. The fourth-order valence-corrected chi connectivity index (χ4v) is 4.30. The number of para-hydroxylation sites is 1. The Kier molecular flexibility index (Phi) is 6.66. The number of nitrogens with zero attached hydrogens (tertiary/aromatic N) is 3. The second kappa shape index (κ2) is 9.78. The molecule has 0 saturated heterocycles. The third-order valence-electron chi connectivity index (χ3n) is 5.07. The summed E-state index contributed by atoms with van der Waals surface area (Å²) in [5, 5.41) is 12.3. The number of nitrogens with one attached hydrogen (secondary N) is 1. The van der Waals surface area contributed by atoms with Crippen molar-refractivity contribution in [3.05, 3.63) is 107 Å². The van der Waals surface area contributed by atoms with Crippen molar-refractivity contribution in [2.24, 2.45) is 0 Å². The lowest BCUT2D eigenvalue weighted by atomic mass is 10.1. The Balaban J connectivity index is 1.43. The number of carbonyl (C=O) groups is 1. The molecule has 0 spiro atoms. The van der Waals surface area contributed by atoms with Crippen molar-refractivity contribution < 1.29 is 9.18 Å². The van der Waals surface area contributed by atoms with E-state index in [9.17, 15) is 9.18 Å². The highest BCUT2D eigenvalue weighted by Crippen LogP contribution is 2.26. The smallest absolute Gasteiger partial charge is 0.251 e. The fraction of sp³-hybridized carbons (Fsp3) is 0.160. The van der Waals surface area contributed by atoms with Gasteiger partial charge in [-0.1, -0.05) is 54.2 Å². The van der Waals surface area contributed by atoms with Crippen LogP contribution in [0.4, 0.5) is 4.39 Å². The zero-order valence-corrected chi connectivity index (χ0v) is 18.7. The van der Waals surface area contributed by atoms with Gasteiger partial charge in [0.25, 0.3) is 5.91 Å². The molecule has 1 N–H and O–H groups in total. The summed E-state index contributed by atoms with van der Waals surface area (Å²) in [7, 11) is 0. The summed E-state index contributed by atoms with van der Waals surface area (Å²) < 4.78 is 15.1. The van der Waals surface area contributed by atoms with Gasteiger partial charge < -0.3 is 5.32 Å². The summed E-state index contributed by atoms with van der Waals surface area (Å²) in [5.74, 6) is 1.03. The average molecular weight is 447 g/mol. The van der Waals surface area contributed by atoms with Crippen molar-refractivity contribution in [1.82, 2.24) is 20.1 Å². The standard InChI is InChI=1S/C25H23FN4OS/c1-17-6-3-4-9-23(17)30-18(2)28-29-25(30)32-16-20-7-5-8-21(14-20)24(31)27-15-19-10-12-22(26)13-11-19/h3-14H,15-16H2,1-2H3,(H,27,31). The van der Waals surface area contributed by atoms with Crippen LogP contribution in [0.3, 0.4) is 0 Å². The first-order valence-corrected chi connectivity index (χ1v) is 11.2. The first-order valence-electron chi connectivity index (χ1n) is 10.2. The van der Waals surface area contributed by atoms with Crippen molar-refractivity contribution in [2.75, 3.05) is 0 Å². The van der Waals surface area contributed by atoms with Gasteiger partial charge in [-0.15, -0.1) is 10.2 Å². The number of carbonyl (C=O) groups excluding carboxylic acids is 1. The molecule has 4 aromatic rings. The molecule has 32 heavy (non-hydrogen) atoms. The van der Waals surface area contributed by atoms with Gasteiger partial charge in [0.2, 0.25) is 0 Å². The summed E-state index contributed by atoms with van der Waals surface area (Å²) in [6.45, 7) is 4.35. The van der Waals surface area contributed by atoms with Gasteiger partial charge in [-0.2, -0.15) is 0 Å². The minimum absolute atomic E-state index is 0.167. The summed E-state index contributed by atoms with van der Waals surface area (Å²) in [6.07, 6.45) is 0. The quantitative estimate of drug-likeness (QED) is 0.394. The third-order valence-corrected chi connectivity index (χ3v) is 6.08. The highest BCUT2D eigenvalue weighted by Gasteiger charge is 2.14. The first-order chi connectivity index (χ1) is 15.5. The number of halogens is 1. The Labute approximate surface area is 190 Å². The number of aromatic nitrogens is 3. The lowest BCUT2D eigenvalue weighted by molar-refractivity contribution is 0.0951. The number of hydrogen-bond donors (Lipinski definition) is 1. The summed E-state index contributed by atoms with van der Waals surface area (Å²) in [5.41, 5.74) is 4.66. The summed E-state index contributed by atoms with van der Waals surface area (Å²) in [4.78, 5) is 12.6. The van der Waals surface area contributed by atoms with E-state index in [1.165, 1.54) is 12.1 Å². The van der Waals surface area contributed by atoms with E-state index in [-0.39, 0.29) is 11.7 Å². The maximum atomic E-state index is 13.0. The molecule has 1 aromatic heterocycles. The Hall–Kier alpha value is -3.45. The van der Waals surface area contributed by atoms with E-state index in [1.807, 2.05) is 37.3 Å². The molecule has 4 rings (SSSR count). The molecule has 0 saturated carbocycles. The zero-order chi connectivity index (χ0) is 22.5. The summed E-state index contributed by atoms with van der Waals surface area (Å²) >= 11 is 1.58. The third kappa shape index (κ3) is 5.06. The molecule has 0 aliphatic heterocycles. The molecule has 0 radical (unpaired) electrons. The van der Waals surface area contributed by atoms with Crippen LogP contribution in [0.25, 0.3) is 5.69 Å². The van der Waals surface area contributed by atoms with Gasteiger partial charge in [0, 0.05) is 17.9 Å². The molecule has 0 bridgehead atoms. The van der Waals surface area contributed by atoms with E-state index in [4.69, 9.17) is 0 Å². The van der Waals surface area contributed by atoms with Crippen molar-refractivity contribution in [3.63, 3.8) is 0 Å². The van der Waals surface area contributed by atoms with E-state index in [0.717, 1.165) is 33.4 Å². The summed E-state index contributed by atoms with van der Waals surface area (Å²) in [6, 6.07) is 21.8. The molecular weight excluding hydrogens is 423 g/mol. The van der Waals surface area contributed by atoms with Gasteiger partial charge in [0.1, 0.15) is 11.6 Å². The van der Waals surface area contributed by atoms with Crippen LogP contribution in [0.1, 0.15) is 32.9 Å². The molecule has 0 aliphatic carbocycles. The van der Waals surface area contributed by atoms with Crippen molar-refractivity contribution in [1.29, 1.82) is 0 Å².